The molecule has 2 heterocycles. The van der Waals surface area contributed by atoms with Crippen molar-refractivity contribution in [1.29, 1.82) is 0 Å². The van der Waals surface area contributed by atoms with Gasteiger partial charge in [0.25, 0.3) is 0 Å². The van der Waals surface area contributed by atoms with E-state index in [2.05, 4.69) is 31.0 Å². The van der Waals surface area contributed by atoms with Crippen LogP contribution in [0.1, 0.15) is 5.69 Å². The highest BCUT2D eigenvalue weighted by molar-refractivity contribution is 9.10. The minimum absolute atomic E-state index is 0.204. The molecule has 7 heteroatoms. The molecule has 0 aliphatic heterocycles. The van der Waals surface area contributed by atoms with E-state index in [1.54, 1.807) is 0 Å². The van der Waals surface area contributed by atoms with Crippen LogP contribution >= 0.6 is 15.9 Å². The molecule has 0 amide bonds. The first-order valence-corrected chi connectivity index (χ1v) is 7.03. The third-order valence-electron chi connectivity index (χ3n) is 3.23. The lowest BCUT2D eigenvalue weighted by atomic mass is 10.1. The Morgan fingerprint density at radius 3 is 2.85 bits per heavy atom. The fraction of sp³-hybridized carbons (Fsp3) is 0.231. The molecule has 0 radical (unpaired) electrons. The molecule has 0 atom stereocenters. The summed E-state index contributed by atoms with van der Waals surface area (Å²) in [7, 11) is 1.89. The highest BCUT2D eigenvalue weighted by atomic mass is 79.9. The van der Waals surface area contributed by atoms with Crippen molar-refractivity contribution in [2.75, 3.05) is 6.54 Å². The zero-order chi connectivity index (χ0) is 14.3. The molecule has 104 valence electrons. The van der Waals surface area contributed by atoms with Gasteiger partial charge < -0.3 is 15.7 Å². The minimum Gasteiger partial charge on any atom is -0.330 e. The molecule has 0 fully saturated rings. The van der Waals surface area contributed by atoms with Crippen molar-refractivity contribution in [3.05, 3.63) is 38.9 Å². The molecule has 3 aromatic rings. The Hall–Kier alpha value is -1.86. The predicted molar refractivity (Wildman–Crippen MR) is 81.6 cm³/mol. The molecular weight excluding hydrogens is 322 g/mol. The van der Waals surface area contributed by atoms with Crippen LogP contribution in [0.3, 0.4) is 0 Å². The Kier molecular flexibility index (Phi) is 3.23. The maximum Gasteiger partial charge on any atom is 0.323 e. The molecule has 20 heavy (non-hydrogen) atoms. The van der Waals surface area contributed by atoms with Crippen LogP contribution < -0.4 is 11.4 Å². The summed E-state index contributed by atoms with van der Waals surface area (Å²) in [4.78, 5) is 16.8. The van der Waals surface area contributed by atoms with E-state index < -0.39 is 0 Å². The number of rotatable bonds is 3. The number of hydrogen-bond donors (Lipinski definition) is 3. The minimum atomic E-state index is -0.204. The highest BCUT2D eigenvalue weighted by Crippen LogP contribution is 2.31. The Morgan fingerprint density at radius 2 is 2.10 bits per heavy atom. The Bertz CT molecular complexity index is 829. The van der Waals surface area contributed by atoms with E-state index in [9.17, 15) is 4.79 Å². The molecule has 6 nitrogen and oxygen atoms in total. The van der Waals surface area contributed by atoms with E-state index >= 15 is 0 Å². The Morgan fingerprint density at radius 1 is 1.35 bits per heavy atom. The molecule has 0 bridgehead atoms. The SMILES string of the molecule is Cn1nc(CCN)c(Br)c1-c1ccc2[nH]c(=O)[nH]c2c1. The number of fused-ring (bicyclic) bond motifs is 1. The zero-order valence-corrected chi connectivity index (χ0v) is 12.5. The van der Waals surface area contributed by atoms with Gasteiger partial charge in [0, 0.05) is 19.0 Å². The van der Waals surface area contributed by atoms with Gasteiger partial charge >= 0.3 is 5.69 Å². The number of benzene rings is 1. The van der Waals surface area contributed by atoms with E-state index in [0.29, 0.717) is 6.54 Å². The maximum absolute atomic E-state index is 11.3. The summed E-state index contributed by atoms with van der Waals surface area (Å²) in [6.45, 7) is 0.555. The third kappa shape index (κ3) is 2.08. The van der Waals surface area contributed by atoms with E-state index in [1.165, 1.54) is 0 Å². The molecule has 1 aromatic carbocycles. The van der Waals surface area contributed by atoms with Crippen LogP contribution in [0.2, 0.25) is 0 Å². The van der Waals surface area contributed by atoms with Crippen LogP contribution in [-0.2, 0) is 13.5 Å². The van der Waals surface area contributed by atoms with Crippen LogP contribution in [0.25, 0.3) is 22.3 Å². The first-order valence-electron chi connectivity index (χ1n) is 6.24. The van der Waals surface area contributed by atoms with Gasteiger partial charge in [-0.25, -0.2) is 4.79 Å². The van der Waals surface area contributed by atoms with Gasteiger partial charge in [-0.3, -0.25) is 4.68 Å². The monoisotopic (exact) mass is 335 g/mol. The summed E-state index contributed by atoms with van der Waals surface area (Å²) in [6, 6.07) is 5.77. The van der Waals surface area contributed by atoms with E-state index in [4.69, 9.17) is 5.73 Å². The smallest absolute Gasteiger partial charge is 0.323 e. The number of aromatic nitrogens is 4. The molecule has 0 unspecified atom stereocenters. The van der Waals surface area contributed by atoms with Crippen molar-refractivity contribution in [3.63, 3.8) is 0 Å². The van der Waals surface area contributed by atoms with Crippen LogP contribution in [0.15, 0.2) is 27.5 Å². The molecule has 0 aliphatic carbocycles. The summed E-state index contributed by atoms with van der Waals surface area (Å²) in [5, 5.41) is 4.47. The normalized spacial score (nSPS) is 11.3. The molecule has 0 saturated carbocycles. The van der Waals surface area contributed by atoms with Crippen molar-refractivity contribution in [1.82, 2.24) is 19.7 Å². The van der Waals surface area contributed by atoms with Gasteiger partial charge in [0.2, 0.25) is 0 Å². The summed E-state index contributed by atoms with van der Waals surface area (Å²) >= 11 is 3.59. The van der Waals surface area contributed by atoms with Crippen molar-refractivity contribution in [2.24, 2.45) is 12.8 Å². The lowest BCUT2D eigenvalue weighted by Crippen LogP contribution is -2.04. The van der Waals surface area contributed by atoms with Crippen molar-refractivity contribution in [2.45, 2.75) is 6.42 Å². The third-order valence-corrected chi connectivity index (χ3v) is 4.06. The van der Waals surface area contributed by atoms with Gasteiger partial charge in [-0.1, -0.05) is 6.07 Å². The number of hydrogen-bond acceptors (Lipinski definition) is 3. The largest absolute Gasteiger partial charge is 0.330 e. The molecule has 0 saturated heterocycles. The molecule has 0 spiro atoms. The summed E-state index contributed by atoms with van der Waals surface area (Å²) in [6.07, 6.45) is 0.720. The molecule has 4 N–H and O–H groups in total. The summed E-state index contributed by atoms with van der Waals surface area (Å²) < 4.78 is 2.77. The van der Waals surface area contributed by atoms with Crippen molar-refractivity contribution >= 4 is 27.0 Å². The molecule has 2 aromatic heterocycles. The quantitative estimate of drug-likeness (QED) is 0.677. The number of nitrogens with zero attached hydrogens (tertiary/aromatic N) is 2. The summed E-state index contributed by atoms with van der Waals surface area (Å²) in [5.74, 6) is 0. The first kappa shape index (κ1) is 13.1. The van der Waals surface area contributed by atoms with E-state index in [-0.39, 0.29) is 5.69 Å². The number of H-pyrrole nitrogens is 2. The Labute approximate surface area is 123 Å². The van der Waals surface area contributed by atoms with Gasteiger partial charge in [0.1, 0.15) is 0 Å². The van der Waals surface area contributed by atoms with Gasteiger partial charge in [-0.2, -0.15) is 5.10 Å². The second kappa shape index (κ2) is 4.92. The second-order valence-electron chi connectivity index (χ2n) is 4.61. The number of aromatic amines is 2. The standard InChI is InChI=1S/C13H14BrN5O/c1-19-12(11(14)9(18-19)4-5-15)7-2-3-8-10(6-7)17-13(20)16-8/h2-3,6H,4-5,15H2,1H3,(H2,16,17,20). The first-order chi connectivity index (χ1) is 9.60. The molecule has 0 aliphatic rings. The predicted octanol–water partition coefficient (Wildman–Crippen LogP) is 1.52. The van der Waals surface area contributed by atoms with Crippen LogP contribution in [0.4, 0.5) is 0 Å². The number of imidazole rings is 1. The van der Waals surface area contributed by atoms with E-state index in [1.807, 2.05) is 29.9 Å². The lowest BCUT2D eigenvalue weighted by Gasteiger charge is -2.03. The van der Waals surface area contributed by atoms with E-state index in [0.717, 1.165) is 38.9 Å². The average Bonchev–Trinajstić information content (AvgIpc) is 2.89. The van der Waals surface area contributed by atoms with Gasteiger partial charge in [0.15, 0.2) is 0 Å². The lowest BCUT2D eigenvalue weighted by molar-refractivity contribution is 0.745. The van der Waals surface area contributed by atoms with Crippen LogP contribution in [-0.4, -0.2) is 26.3 Å². The number of halogens is 1. The van der Waals surface area contributed by atoms with Gasteiger partial charge in [-0.15, -0.1) is 0 Å². The maximum atomic E-state index is 11.3. The Balaban J connectivity index is 2.17. The van der Waals surface area contributed by atoms with Crippen LogP contribution in [0.5, 0.6) is 0 Å². The number of aryl methyl sites for hydroxylation is 1. The topological polar surface area (TPSA) is 92.5 Å². The second-order valence-corrected chi connectivity index (χ2v) is 5.40. The number of nitrogens with one attached hydrogen (secondary N) is 2. The number of nitrogens with two attached hydrogens (primary N) is 1. The zero-order valence-electron chi connectivity index (χ0n) is 10.9. The fourth-order valence-corrected chi connectivity index (χ4v) is 3.11. The van der Waals surface area contributed by atoms with Gasteiger partial charge in [-0.05, 0) is 34.6 Å². The van der Waals surface area contributed by atoms with Gasteiger partial charge in [0.05, 0.1) is 26.9 Å². The highest BCUT2D eigenvalue weighted by Gasteiger charge is 2.15. The van der Waals surface area contributed by atoms with Crippen molar-refractivity contribution < 1.29 is 0 Å². The molecular formula is C13H14BrN5O. The van der Waals surface area contributed by atoms with Crippen LogP contribution in [0, 0.1) is 0 Å². The van der Waals surface area contributed by atoms with Crippen molar-refractivity contribution in [3.8, 4) is 11.3 Å². The summed E-state index contributed by atoms with van der Waals surface area (Å²) in [5.41, 5.74) is 9.85. The molecule has 3 rings (SSSR count). The fourth-order valence-electron chi connectivity index (χ4n) is 2.34. The average molecular weight is 336 g/mol.